The molecule has 1 fully saturated rings. The van der Waals surface area contributed by atoms with Crippen LogP contribution >= 0.6 is 0 Å². The molecule has 174 valence electrons. The van der Waals surface area contributed by atoms with Crippen LogP contribution in [-0.4, -0.2) is 38.9 Å². The fourth-order valence-corrected chi connectivity index (χ4v) is 4.39. The first kappa shape index (κ1) is 22.0. The van der Waals surface area contributed by atoms with E-state index in [2.05, 4.69) is 25.5 Å². The van der Waals surface area contributed by atoms with E-state index < -0.39 is 0 Å². The van der Waals surface area contributed by atoms with Gasteiger partial charge >= 0.3 is 0 Å². The van der Waals surface area contributed by atoms with Crippen LogP contribution in [-0.2, 0) is 6.54 Å². The summed E-state index contributed by atoms with van der Waals surface area (Å²) in [4.78, 5) is 21.4. The van der Waals surface area contributed by atoms with Crippen molar-refractivity contribution in [2.45, 2.75) is 38.3 Å². The van der Waals surface area contributed by atoms with Crippen LogP contribution in [0.15, 0.2) is 58.1 Å². The Labute approximate surface area is 196 Å². The summed E-state index contributed by atoms with van der Waals surface area (Å²) in [6, 6.07) is 9.44. The molecule has 9 heteroatoms. The average molecular weight is 459 g/mol. The van der Waals surface area contributed by atoms with Gasteiger partial charge in [0.15, 0.2) is 0 Å². The Hall–Kier alpha value is -3.85. The van der Waals surface area contributed by atoms with Crippen LogP contribution in [0.3, 0.4) is 0 Å². The normalized spacial score (nSPS) is 13.9. The van der Waals surface area contributed by atoms with Crippen LogP contribution in [0.4, 0.5) is 0 Å². The van der Waals surface area contributed by atoms with E-state index in [1.165, 1.54) is 0 Å². The maximum absolute atomic E-state index is 12.4. The molecule has 0 amide bonds. The summed E-state index contributed by atoms with van der Waals surface area (Å²) in [5.74, 6) is 1.25. The molecule has 5 rings (SSSR count). The number of hydrogen-bond acceptors (Lipinski definition) is 8. The van der Waals surface area contributed by atoms with E-state index in [4.69, 9.17) is 9.15 Å². The second kappa shape index (κ2) is 9.56. The van der Waals surface area contributed by atoms with E-state index in [9.17, 15) is 4.79 Å². The fraction of sp³-hybridized carbons (Fsp3) is 0.320. The quantitative estimate of drug-likeness (QED) is 0.445. The van der Waals surface area contributed by atoms with Gasteiger partial charge in [-0.25, -0.2) is 4.98 Å². The fourth-order valence-electron chi connectivity index (χ4n) is 4.39. The number of pyridine rings is 1. The maximum Gasteiger partial charge on any atom is 0.268 e. The Balaban J connectivity index is 1.45. The number of nitrogens with one attached hydrogen (secondary N) is 1. The summed E-state index contributed by atoms with van der Waals surface area (Å²) in [5, 5.41) is 11.5. The highest BCUT2D eigenvalue weighted by Gasteiger charge is 2.19. The number of aromatic nitrogens is 5. The zero-order valence-corrected chi connectivity index (χ0v) is 19.2. The van der Waals surface area contributed by atoms with Crippen molar-refractivity contribution in [1.82, 2.24) is 30.0 Å². The van der Waals surface area contributed by atoms with Crippen LogP contribution in [0.5, 0.6) is 5.75 Å². The largest absolute Gasteiger partial charge is 0.496 e. The lowest BCUT2D eigenvalue weighted by Crippen LogP contribution is -2.22. The van der Waals surface area contributed by atoms with Gasteiger partial charge in [0, 0.05) is 30.4 Å². The van der Waals surface area contributed by atoms with E-state index in [1.54, 1.807) is 31.6 Å². The molecule has 1 aliphatic rings. The molecule has 0 radical (unpaired) electrons. The minimum Gasteiger partial charge on any atom is -0.496 e. The molecule has 34 heavy (non-hydrogen) atoms. The molecule has 0 atom stereocenters. The van der Waals surface area contributed by atoms with Gasteiger partial charge in [0.2, 0.25) is 0 Å². The van der Waals surface area contributed by atoms with Crippen molar-refractivity contribution >= 4 is 0 Å². The predicted molar refractivity (Wildman–Crippen MR) is 127 cm³/mol. The van der Waals surface area contributed by atoms with E-state index >= 15 is 0 Å². The molecule has 1 saturated carbocycles. The second-order valence-corrected chi connectivity index (χ2v) is 8.37. The summed E-state index contributed by atoms with van der Waals surface area (Å²) < 4.78 is 13.3. The van der Waals surface area contributed by atoms with Gasteiger partial charge in [-0.3, -0.25) is 9.78 Å². The third kappa shape index (κ3) is 4.34. The Morgan fingerprint density at radius 2 is 1.88 bits per heavy atom. The van der Waals surface area contributed by atoms with Crippen LogP contribution in [0.1, 0.15) is 37.3 Å². The standard InChI is InChI=1S/C25H26N6O3/c1-26-12-16-7-9-19(22(11-16)33-2)24-29-30-25(34-24)21-14-27-13-20(28-21)17-8-10-23(32)31(15-17)18-5-3-4-6-18/h7-11,13-15,18,26H,3-6,12H2,1-2H3. The second-order valence-electron chi connectivity index (χ2n) is 8.37. The Kier molecular flexibility index (Phi) is 6.18. The summed E-state index contributed by atoms with van der Waals surface area (Å²) >= 11 is 0. The van der Waals surface area contributed by atoms with Gasteiger partial charge in [-0.05, 0) is 43.7 Å². The van der Waals surface area contributed by atoms with Crippen molar-refractivity contribution in [3.8, 4) is 40.0 Å². The number of methoxy groups -OCH3 is 1. The number of benzene rings is 1. The molecule has 0 spiro atoms. The predicted octanol–water partition coefficient (Wildman–Crippen LogP) is 3.87. The highest BCUT2D eigenvalue weighted by atomic mass is 16.5. The Bertz CT molecular complexity index is 1360. The summed E-state index contributed by atoms with van der Waals surface area (Å²) in [5.41, 5.74) is 3.71. The van der Waals surface area contributed by atoms with E-state index in [0.717, 1.165) is 43.4 Å². The zero-order valence-electron chi connectivity index (χ0n) is 19.2. The van der Waals surface area contributed by atoms with Gasteiger partial charge in [-0.15, -0.1) is 10.2 Å². The van der Waals surface area contributed by atoms with Crippen molar-refractivity contribution in [2.75, 3.05) is 14.2 Å². The first-order valence-electron chi connectivity index (χ1n) is 11.4. The SMILES string of the molecule is CNCc1ccc(-c2nnc(-c3cncc(-c4ccc(=O)n(C5CCCC5)c4)n3)o2)c(OC)c1. The lowest BCUT2D eigenvalue weighted by atomic mass is 10.1. The van der Waals surface area contributed by atoms with Crippen LogP contribution in [0.2, 0.25) is 0 Å². The molecular formula is C25H26N6O3. The molecule has 9 nitrogen and oxygen atoms in total. The minimum atomic E-state index is 0.0102. The molecule has 1 N–H and O–H groups in total. The summed E-state index contributed by atoms with van der Waals surface area (Å²) in [6.07, 6.45) is 9.49. The molecule has 4 aromatic rings. The zero-order chi connectivity index (χ0) is 23.5. The van der Waals surface area contributed by atoms with Crippen molar-refractivity contribution in [3.05, 3.63) is 64.8 Å². The highest BCUT2D eigenvalue weighted by molar-refractivity contribution is 5.65. The van der Waals surface area contributed by atoms with Crippen molar-refractivity contribution in [2.24, 2.45) is 0 Å². The van der Waals surface area contributed by atoms with Gasteiger partial charge in [-0.2, -0.15) is 0 Å². The smallest absolute Gasteiger partial charge is 0.268 e. The summed E-state index contributed by atoms with van der Waals surface area (Å²) in [6.45, 7) is 0.724. The highest BCUT2D eigenvalue weighted by Crippen LogP contribution is 2.32. The third-order valence-corrected chi connectivity index (χ3v) is 6.11. The molecule has 0 aliphatic heterocycles. The minimum absolute atomic E-state index is 0.0102. The molecule has 0 bridgehead atoms. The van der Waals surface area contributed by atoms with Crippen LogP contribution < -0.4 is 15.6 Å². The van der Waals surface area contributed by atoms with E-state index in [-0.39, 0.29) is 17.5 Å². The number of rotatable bonds is 7. The lowest BCUT2D eigenvalue weighted by molar-refractivity contribution is 0.413. The molecule has 0 saturated heterocycles. The van der Waals surface area contributed by atoms with Gasteiger partial charge in [-0.1, -0.05) is 18.9 Å². The van der Waals surface area contributed by atoms with Gasteiger partial charge in [0.1, 0.15) is 11.4 Å². The monoisotopic (exact) mass is 458 g/mol. The van der Waals surface area contributed by atoms with Crippen LogP contribution in [0, 0.1) is 0 Å². The number of nitrogens with zero attached hydrogens (tertiary/aromatic N) is 5. The van der Waals surface area contributed by atoms with Crippen molar-refractivity contribution in [3.63, 3.8) is 0 Å². The Morgan fingerprint density at radius 3 is 2.68 bits per heavy atom. The molecule has 1 aromatic carbocycles. The molecule has 3 aromatic heterocycles. The van der Waals surface area contributed by atoms with Crippen LogP contribution in [0.25, 0.3) is 34.3 Å². The van der Waals surface area contributed by atoms with E-state index in [0.29, 0.717) is 28.6 Å². The molecule has 0 unspecified atom stereocenters. The summed E-state index contributed by atoms with van der Waals surface area (Å²) in [7, 11) is 3.50. The lowest BCUT2D eigenvalue weighted by Gasteiger charge is -2.14. The van der Waals surface area contributed by atoms with Gasteiger partial charge in [0.05, 0.1) is 30.8 Å². The molecule has 3 heterocycles. The first-order chi connectivity index (χ1) is 16.7. The molecule has 1 aliphatic carbocycles. The van der Waals surface area contributed by atoms with E-state index in [1.807, 2.05) is 36.0 Å². The number of hydrogen-bond donors (Lipinski definition) is 1. The third-order valence-electron chi connectivity index (χ3n) is 6.11. The van der Waals surface area contributed by atoms with Gasteiger partial charge < -0.3 is 19.0 Å². The van der Waals surface area contributed by atoms with Gasteiger partial charge in [0.25, 0.3) is 17.3 Å². The Morgan fingerprint density at radius 1 is 1.09 bits per heavy atom. The van der Waals surface area contributed by atoms with Crippen molar-refractivity contribution in [1.29, 1.82) is 0 Å². The molecular weight excluding hydrogens is 432 g/mol. The topological polar surface area (TPSA) is 108 Å². The first-order valence-corrected chi connectivity index (χ1v) is 11.4. The van der Waals surface area contributed by atoms with Crippen molar-refractivity contribution < 1.29 is 9.15 Å². The average Bonchev–Trinajstić information content (AvgIpc) is 3.57. The maximum atomic E-state index is 12.4. The number of ether oxygens (including phenoxy) is 1.